The van der Waals surface area contributed by atoms with E-state index in [1.807, 2.05) is 13.8 Å². The van der Waals surface area contributed by atoms with Crippen molar-refractivity contribution in [3.05, 3.63) is 46.9 Å². The fourth-order valence-electron chi connectivity index (χ4n) is 1.99. The SMILES string of the molecule is CC(C)n1nccc1NC(=O)[C@H](C)OC(=O)c1ccc(F)cc1Cl. The molecule has 1 aromatic heterocycles. The number of aromatic nitrogens is 2. The Hall–Kier alpha value is -2.41. The molecule has 1 atom stereocenters. The minimum absolute atomic E-state index is 0.00932. The van der Waals surface area contributed by atoms with Crippen LogP contribution >= 0.6 is 11.6 Å². The number of rotatable bonds is 5. The Morgan fingerprint density at radius 3 is 2.62 bits per heavy atom. The van der Waals surface area contributed by atoms with E-state index in [4.69, 9.17) is 16.3 Å². The lowest BCUT2D eigenvalue weighted by atomic mass is 10.2. The van der Waals surface area contributed by atoms with Crippen LogP contribution in [-0.2, 0) is 9.53 Å². The predicted molar refractivity (Wildman–Crippen MR) is 87.5 cm³/mol. The van der Waals surface area contributed by atoms with Crippen molar-refractivity contribution < 1.29 is 18.7 Å². The molecular weight excluding hydrogens is 337 g/mol. The Labute approximate surface area is 143 Å². The zero-order valence-corrected chi connectivity index (χ0v) is 14.2. The molecule has 2 aromatic rings. The summed E-state index contributed by atoms with van der Waals surface area (Å²) in [7, 11) is 0. The van der Waals surface area contributed by atoms with Crippen molar-refractivity contribution in [2.45, 2.75) is 32.9 Å². The molecule has 1 N–H and O–H groups in total. The van der Waals surface area contributed by atoms with Crippen LogP contribution in [0.5, 0.6) is 0 Å². The number of hydrogen-bond donors (Lipinski definition) is 1. The van der Waals surface area contributed by atoms with Gasteiger partial charge in [0.05, 0.1) is 16.8 Å². The van der Waals surface area contributed by atoms with Gasteiger partial charge in [-0.05, 0) is 39.0 Å². The van der Waals surface area contributed by atoms with Crippen molar-refractivity contribution in [1.29, 1.82) is 0 Å². The van der Waals surface area contributed by atoms with Crippen molar-refractivity contribution in [3.63, 3.8) is 0 Å². The number of amides is 1. The number of anilines is 1. The molecule has 0 aliphatic carbocycles. The maximum Gasteiger partial charge on any atom is 0.340 e. The minimum Gasteiger partial charge on any atom is -0.449 e. The van der Waals surface area contributed by atoms with E-state index in [0.29, 0.717) is 5.82 Å². The molecule has 0 saturated heterocycles. The Morgan fingerprint density at radius 1 is 1.29 bits per heavy atom. The smallest absolute Gasteiger partial charge is 0.340 e. The van der Waals surface area contributed by atoms with E-state index in [1.54, 1.807) is 16.9 Å². The second-order valence-electron chi connectivity index (χ2n) is 5.42. The number of carbonyl (C=O) groups excluding carboxylic acids is 2. The summed E-state index contributed by atoms with van der Waals surface area (Å²) in [5.41, 5.74) is -0.00932. The van der Waals surface area contributed by atoms with E-state index in [2.05, 4.69) is 10.4 Å². The molecule has 0 unspecified atom stereocenters. The van der Waals surface area contributed by atoms with Crippen LogP contribution in [0, 0.1) is 5.82 Å². The van der Waals surface area contributed by atoms with Crippen molar-refractivity contribution in [3.8, 4) is 0 Å². The van der Waals surface area contributed by atoms with E-state index in [0.717, 1.165) is 12.1 Å². The maximum atomic E-state index is 13.0. The molecule has 0 aliphatic rings. The second-order valence-corrected chi connectivity index (χ2v) is 5.82. The quantitative estimate of drug-likeness (QED) is 0.836. The summed E-state index contributed by atoms with van der Waals surface area (Å²) in [6.07, 6.45) is 0.499. The summed E-state index contributed by atoms with van der Waals surface area (Å²) >= 11 is 5.81. The van der Waals surface area contributed by atoms with Gasteiger partial charge in [0, 0.05) is 12.1 Å². The minimum atomic E-state index is -1.06. The van der Waals surface area contributed by atoms with Gasteiger partial charge in [-0.1, -0.05) is 11.6 Å². The van der Waals surface area contributed by atoms with Gasteiger partial charge in [-0.3, -0.25) is 4.79 Å². The third kappa shape index (κ3) is 4.11. The fourth-order valence-corrected chi connectivity index (χ4v) is 2.23. The summed E-state index contributed by atoms with van der Waals surface area (Å²) in [4.78, 5) is 24.2. The zero-order valence-electron chi connectivity index (χ0n) is 13.4. The van der Waals surface area contributed by atoms with Crippen LogP contribution in [0.4, 0.5) is 10.2 Å². The first-order chi connectivity index (χ1) is 11.3. The van der Waals surface area contributed by atoms with Crippen LogP contribution in [0.2, 0.25) is 5.02 Å². The van der Waals surface area contributed by atoms with Gasteiger partial charge in [0.2, 0.25) is 0 Å². The van der Waals surface area contributed by atoms with Gasteiger partial charge < -0.3 is 10.1 Å². The average Bonchev–Trinajstić information content (AvgIpc) is 2.95. The number of hydrogen-bond acceptors (Lipinski definition) is 4. The molecule has 2 rings (SSSR count). The van der Waals surface area contributed by atoms with Crippen molar-refractivity contribution in [2.75, 3.05) is 5.32 Å². The van der Waals surface area contributed by atoms with E-state index >= 15 is 0 Å². The van der Waals surface area contributed by atoms with Crippen LogP contribution in [0.1, 0.15) is 37.2 Å². The molecule has 128 valence electrons. The Bertz CT molecular complexity index is 761. The first-order valence-corrected chi connectivity index (χ1v) is 7.67. The molecule has 0 saturated carbocycles. The summed E-state index contributed by atoms with van der Waals surface area (Å²) in [5, 5.41) is 6.66. The van der Waals surface area contributed by atoms with Crippen LogP contribution in [0.15, 0.2) is 30.5 Å². The molecule has 1 amide bonds. The lowest BCUT2D eigenvalue weighted by Crippen LogP contribution is -2.31. The average molecular weight is 354 g/mol. The number of nitrogens with one attached hydrogen (secondary N) is 1. The molecule has 0 bridgehead atoms. The van der Waals surface area contributed by atoms with E-state index in [1.165, 1.54) is 13.0 Å². The molecule has 6 nitrogen and oxygen atoms in total. The van der Waals surface area contributed by atoms with Gasteiger partial charge in [-0.15, -0.1) is 0 Å². The van der Waals surface area contributed by atoms with Crippen LogP contribution in [0.25, 0.3) is 0 Å². The highest BCUT2D eigenvalue weighted by atomic mass is 35.5. The second kappa shape index (κ2) is 7.44. The molecule has 8 heteroatoms. The standard InChI is InChI=1S/C16H17ClFN3O3/c1-9(2)21-14(6-7-19-21)20-15(22)10(3)24-16(23)12-5-4-11(18)8-13(12)17/h4-10H,1-3H3,(H,20,22)/t10-/m0/s1. The molecule has 0 radical (unpaired) electrons. The van der Waals surface area contributed by atoms with Gasteiger partial charge >= 0.3 is 5.97 Å². The van der Waals surface area contributed by atoms with Gasteiger partial charge in [-0.2, -0.15) is 5.10 Å². The third-order valence-corrected chi connectivity index (χ3v) is 3.53. The van der Waals surface area contributed by atoms with Gasteiger partial charge in [0.1, 0.15) is 11.6 Å². The highest BCUT2D eigenvalue weighted by Crippen LogP contribution is 2.19. The topological polar surface area (TPSA) is 73.2 Å². The Morgan fingerprint density at radius 2 is 2.00 bits per heavy atom. The van der Waals surface area contributed by atoms with E-state index in [-0.39, 0.29) is 16.6 Å². The normalized spacial score (nSPS) is 12.1. The van der Waals surface area contributed by atoms with Crippen LogP contribution in [0.3, 0.4) is 0 Å². The van der Waals surface area contributed by atoms with Crippen LogP contribution in [-0.4, -0.2) is 27.8 Å². The zero-order chi connectivity index (χ0) is 17.9. The number of carbonyl (C=O) groups is 2. The van der Waals surface area contributed by atoms with Gasteiger partial charge in [0.25, 0.3) is 5.91 Å². The molecule has 0 aliphatic heterocycles. The van der Waals surface area contributed by atoms with Crippen molar-refractivity contribution >= 4 is 29.3 Å². The number of ether oxygens (including phenoxy) is 1. The first kappa shape index (κ1) is 17.9. The highest BCUT2D eigenvalue weighted by Gasteiger charge is 2.22. The predicted octanol–water partition coefficient (Wildman–Crippen LogP) is 3.44. The Kier molecular flexibility index (Phi) is 5.56. The molecule has 1 aromatic carbocycles. The van der Waals surface area contributed by atoms with E-state index in [9.17, 15) is 14.0 Å². The summed E-state index contributed by atoms with van der Waals surface area (Å²) in [6, 6.07) is 5.01. The highest BCUT2D eigenvalue weighted by molar-refractivity contribution is 6.33. The number of nitrogens with zero attached hydrogens (tertiary/aromatic N) is 2. The number of halogens is 2. The first-order valence-electron chi connectivity index (χ1n) is 7.30. The van der Waals surface area contributed by atoms with Crippen LogP contribution < -0.4 is 5.32 Å². The fraction of sp³-hybridized carbons (Fsp3) is 0.312. The molecule has 0 spiro atoms. The van der Waals surface area contributed by atoms with Crippen molar-refractivity contribution in [2.24, 2.45) is 0 Å². The lowest BCUT2D eigenvalue weighted by molar-refractivity contribution is -0.123. The molecule has 0 fully saturated rings. The Balaban J connectivity index is 2.03. The number of benzene rings is 1. The molecular formula is C16H17ClFN3O3. The molecule has 24 heavy (non-hydrogen) atoms. The third-order valence-electron chi connectivity index (χ3n) is 3.21. The summed E-state index contributed by atoms with van der Waals surface area (Å²) < 4.78 is 19.7. The lowest BCUT2D eigenvalue weighted by Gasteiger charge is -2.16. The monoisotopic (exact) mass is 353 g/mol. The summed E-state index contributed by atoms with van der Waals surface area (Å²) in [6.45, 7) is 5.27. The van der Waals surface area contributed by atoms with Crippen molar-refractivity contribution in [1.82, 2.24) is 9.78 Å². The summed E-state index contributed by atoms with van der Waals surface area (Å²) in [5.74, 6) is -1.38. The number of esters is 1. The van der Waals surface area contributed by atoms with Gasteiger partial charge in [-0.25, -0.2) is 13.9 Å². The maximum absolute atomic E-state index is 13.0. The largest absolute Gasteiger partial charge is 0.449 e. The van der Waals surface area contributed by atoms with Gasteiger partial charge in [0.15, 0.2) is 6.10 Å². The van der Waals surface area contributed by atoms with E-state index < -0.39 is 23.8 Å². The molecule has 1 heterocycles.